The molecule has 0 saturated heterocycles. The van der Waals surface area contributed by atoms with Crippen molar-refractivity contribution in [3.8, 4) is 0 Å². The van der Waals surface area contributed by atoms with Gasteiger partial charge in [0.15, 0.2) is 5.58 Å². The van der Waals surface area contributed by atoms with Gasteiger partial charge in [0.05, 0.1) is 0 Å². The van der Waals surface area contributed by atoms with E-state index in [-0.39, 0.29) is 0 Å². The molecule has 4 nitrogen and oxygen atoms in total. The average molecular weight is 235 g/mol. The molecule has 5 heteroatoms. The molecule has 0 fully saturated rings. The molecule has 2 aromatic rings. The molecule has 2 rings (SSSR count). The molecule has 0 amide bonds. The van der Waals surface area contributed by atoms with E-state index in [9.17, 15) is 4.79 Å². The van der Waals surface area contributed by atoms with Crippen LogP contribution in [0.5, 0.6) is 0 Å². The lowest BCUT2D eigenvalue weighted by Crippen LogP contribution is -1.86. The summed E-state index contributed by atoms with van der Waals surface area (Å²) in [5, 5.41) is 9.14. The van der Waals surface area contributed by atoms with Crippen LogP contribution in [0, 0.1) is 0 Å². The topological polar surface area (TPSA) is 63.3 Å². The van der Waals surface area contributed by atoms with Crippen molar-refractivity contribution in [2.24, 2.45) is 0 Å². The van der Waals surface area contributed by atoms with Crippen molar-refractivity contribution in [3.63, 3.8) is 0 Å². The second kappa shape index (κ2) is 4.40. The first-order valence-corrected chi connectivity index (χ1v) is 5.78. The third kappa shape index (κ3) is 2.09. The summed E-state index contributed by atoms with van der Waals surface area (Å²) in [4.78, 5) is 14.7. The fourth-order valence-electron chi connectivity index (χ4n) is 1.33. The number of carbonyl (C=O) groups is 1. The summed E-state index contributed by atoms with van der Waals surface area (Å²) in [5.41, 5.74) is 2.09. The number of hydrogen-bond acceptors (Lipinski definition) is 4. The monoisotopic (exact) mass is 235 g/mol. The molecule has 0 aliphatic rings. The Morgan fingerprint density at radius 1 is 1.56 bits per heavy atom. The third-order valence-corrected chi connectivity index (χ3v) is 2.53. The summed E-state index contributed by atoms with van der Waals surface area (Å²) < 4.78 is 5.44. The van der Waals surface area contributed by atoms with Gasteiger partial charge in [-0.05, 0) is 18.4 Å². The van der Waals surface area contributed by atoms with Gasteiger partial charge in [0.25, 0.3) is 5.22 Å². The smallest absolute Gasteiger partial charge is 0.328 e. The maximum atomic E-state index is 10.4. The van der Waals surface area contributed by atoms with Crippen LogP contribution in [0.2, 0.25) is 0 Å². The molecule has 0 saturated carbocycles. The highest BCUT2D eigenvalue weighted by Gasteiger charge is 2.07. The van der Waals surface area contributed by atoms with Crippen LogP contribution < -0.4 is 0 Å². The molecule has 0 spiro atoms. The minimum absolute atomic E-state index is 0.575. The number of thioether (sulfide) groups is 1. The molecule has 0 aliphatic heterocycles. The van der Waals surface area contributed by atoms with Gasteiger partial charge in [-0.3, -0.25) is 0 Å². The van der Waals surface area contributed by atoms with Crippen molar-refractivity contribution in [2.45, 2.75) is 5.22 Å². The van der Waals surface area contributed by atoms with Crippen LogP contribution in [0.1, 0.15) is 5.56 Å². The van der Waals surface area contributed by atoms with Crippen LogP contribution in [-0.4, -0.2) is 22.3 Å². The van der Waals surface area contributed by atoms with Gasteiger partial charge in [-0.25, -0.2) is 9.78 Å². The molecule has 0 unspecified atom stereocenters. The van der Waals surface area contributed by atoms with Crippen molar-refractivity contribution in [1.29, 1.82) is 0 Å². The summed E-state index contributed by atoms with van der Waals surface area (Å²) in [5.74, 6) is -0.981. The number of benzene rings is 1. The zero-order valence-corrected chi connectivity index (χ0v) is 9.32. The van der Waals surface area contributed by atoms with Crippen LogP contribution in [-0.2, 0) is 4.79 Å². The number of aliphatic carboxylic acids is 1. The Labute approximate surface area is 96.0 Å². The molecule has 1 N–H and O–H groups in total. The van der Waals surface area contributed by atoms with Crippen molar-refractivity contribution < 1.29 is 14.3 Å². The van der Waals surface area contributed by atoms with Gasteiger partial charge in [-0.1, -0.05) is 23.9 Å². The van der Waals surface area contributed by atoms with E-state index in [1.54, 1.807) is 18.2 Å². The molecule has 16 heavy (non-hydrogen) atoms. The molecule has 1 aromatic carbocycles. The minimum Gasteiger partial charge on any atom is -0.478 e. The Bertz CT molecular complexity index is 559. The Balaban J connectivity index is 2.52. The lowest BCUT2D eigenvalue weighted by Gasteiger charge is -1.92. The number of rotatable bonds is 3. The highest BCUT2D eigenvalue weighted by molar-refractivity contribution is 7.98. The Morgan fingerprint density at radius 3 is 3.06 bits per heavy atom. The fourth-order valence-corrected chi connectivity index (χ4v) is 1.69. The molecule has 1 aromatic heterocycles. The fraction of sp³-hybridized carbons (Fsp3) is 0.0909. The maximum absolute atomic E-state index is 10.4. The van der Waals surface area contributed by atoms with Gasteiger partial charge < -0.3 is 9.52 Å². The van der Waals surface area contributed by atoms with E-state index in [1.807, 2.05) is 6.26 Å². The van der Waals surface area contributed by atoms with Gasteiger partial charge in [-0.2, -0.15) is 0 Å². The highest BCUT2D eigenvalue weighted by atomic mass is 32.2. The summed E-state index contributed by atoms with van der Waals surface area (Å²) in [6, 6.07) is 5.41. The van der Waals surface area contributed by atoms with Crippen molar-refractivity contribution in [2.75, 3.05) is 6.26 Å². The van der Waals surface area contributed by atoms with Gasteiger partial charge >= 0.3 is 5.97 Å². The van der Waals surface area contributed by atoms with Gasteiger partial charge in [0.1, 0.15) is 5.52 Å². The van der Waals surface area contributed by atoms with E-state index in [2.05, 4.69) is 4.98 Å². The van der Waals surface area contributed by atoms with Crippen LogP contribution in [0.4, 0.5) is 0 Å². The third-order valence-electron chi connectivity index (χ3n) is 2.01. The molecular formula is C11H9NO3S. The standard InChI is InChI=1S/C11H9NO3S/c1-16-11-12-10-7(5-6-9(13)14)3-2-4-8(10)15-11/h2-6H,1H3,(H,13,14)/b6-5+. The molecule has 0 bridgehead atoms. The van der Waals surface area contributed by atoms with Gasteiger partial charge in [-0.15, -0.1) is 0 Å². The van der Waals surface area contributed by atoms with Crippen molar-refractivity contribution in [3.05, 3.63) is 29.8 Å². The predicted octanol–water partition coefficient (Wildman–Crippen LogP) is 2.65. The molecule has 0 aliphatic carbocycles. The minimum atomic E-state index is -0.981. The van der Waals surface area contributed by atoms with Crippen LogP contribution in [0.15, 0.2) is 33.9 Å². The normalized spacial score (nSPS) is 11.3. The summed E-state index contributed by atoms with van der Waals surface area (Å²) in [6.07, 6.45) is 4.47. The zero-order valence-electron chi connectivity index (χ0n) is 8.51. The van der Waals surface area contributed by atoms with Gasteiger partial charge in [0.2, 0.25) is 0 Å². The molecule has 0 radical (unpaired) electrons. The number of carboxylic acids is 1. The predicted molar refractivity (Wildman–Crippen MR) is 62.5 cm³/mol. The highest BCUT2D eigenvalue weighted by Crippen LogP contribution is 2.24. The summed E-state index contributed by atoms with van der Waals surface area (Å²) in [7, 11) is 0. The molecular weight excluding hydrogens is 226 g/mol. The number of oxazole rings is 1. The second-order valence-corrected chi connectivity index (χ2v) is 3.81. The average Bonchev–Trinajstić information content (AvgIpc) is 2.69. The first kappa shape index (κ1) is 10.8. The Hall–Kier alpha value is -1.75. The number of hydrogen-bond donors (Lipinski definition) is 1. The molecule has 0 atom stereocenters. The SMILES string of the molecule is CSc1nc2c(/C=C/C(=O)O)cccc2o1. The number of fused-ring (bicyclic) bond motifs is 1. The van der Waals surface area contributed by atoms with Crippen molar-refractivity contribution in [1.82, 2.24) is 4.98 Å². The zero-order chi connectivity index (χ0) is 11.5. The number of para-hydroxylation sites is 1. The van der Waals surface area contributed by atoms with E-state index >= 15 is 0 Å². The quantitative estimate of drug-likeness (QED) is 0.654. The van der Waals surface area contributed by atoms with E-state index in [0.29, 0.717) is 16.3 Å². The van der Waals surface area contributed by atoms with Gasteiger partial charge in [0, 0.05) is 11.6 Å². The van der Waals surface area contributed by atoms with Crippen molar-refractivity contribution >= 4 is 34.9 Å². The second-order valence-electron chi connectivity index (χ2n) is 3.05. The lowest BCUT2D eigenvalue weighted by molar-refractivity contribution is -0.131. The van der Waals surface area contributed by atoms with E-state index in [1.165, 1.54) is 17.8 Å². The van der Waals surface area contributed by atoms with Crippen LogP contribution in [0.25, 0.3) is 17.2 Å². The van der Waals surface area contributed by atoms with Crippen LogP contribution >= 0.6 is 11.8 Å². The Kier molecular flexibility index (Phi) is 2.96. The number of aromatic nitrogens is 1. The van der Waals surface area contributed by atoms with E-state index < -0.39 is 5.97 Å². The first-order valence-electron chi connectivity index (χ1n) is 4.55. The summed E-state index contributed by atoms with van der Waals surface area (Å²) in [6.45, 7) is 0. The summed E-state index contributed by atoms with van der Waals surface area (Å²) >= 11 is 1.41. The van der Waals surface area contributed by atoms with E-state index in [4.69, 9.17) is 9.52 Å². The lowest BCUT2D eigenvalue weighted by atomic mass is 10.2. The maximum Gasteiger partial charge on any atom is 0.328 e. The molecule has 82 valence electrons. The number of nitrogens with zero attached hydrogens (tertiary/aromatic N) is 1. The Morgan fingerprint density at radius 2 is 2.38 bits per heavy atom. The van der Waals surface area contributed by atoms with Crippen LogP contribution in [0.3, 0.4) is 0 Å². The first-order chi connectivity index (χ1) is 7.70. The van der Waals surface area contributed by atoms with E-state index in [0.717, 1.165) is 11.6 Å². The number of carboxylic acid groups (broad SMARTS) is 1. The molecule has 1 heterocycles. The largest absolute Gasteiger partial charge is 0.478 e.